The first kappa shape index (κ1) is 8.92. The van der Waals surface area contributed by atoms with Crippen LogP contribution < -0.4 is 11.1 Å². The summed E-state index contributed by atoms with van der Waals surface area (Å²) >= 11 is 0. The van der Waals surface area contributed by atoms with Gasteiger partial charge in [-0.25, -0.2) is 0 Å². The van der Waals surface area contributed by atoms with E-state index in [0.29, 0.717) is 12.0 Å². The molecular weight excluding hydrogens is 112 g/mol. The first-order valence-corrected chi connectivity index (χ1v) is 3.62. The van der Waals surface area contributed by atoms with Crippen molar-refractivity contribution in [2.45, 2.75) is 26.3 Å². The van der Waals surface area contributed by atoms with E-state index < -0.39 is 0 Å². The monoisotopic (exact) mass is 130 g/mol. The van der Waals surface area contributed by atoms with Crippen molar-refractivity contribution in [3.8, 4) is 0 Å². The van der Waals surface area contributed by atoms with E-state index in [1.54, 1.807) is 0 Å². The molecule has 0 aliphatic heterocycles. The normalized spacial score (nSPS) is 17.3. The molecule has 0 heterocycles. The molecule has 0 bridgehead atoms. The maximum atomic E-state index is 5.78. The molecular formula is C7H18N2. The molecule has 2 unspecified atom stereocenters. The second-order valence-electron chi connectivity index (χ2n) is 2.61. The molecule has 2 nitrogen and oxygen atoms in total. The summed E-state index contributed by atoms with van der Waals surface area (Å²) in [4.78, 5) is 0. The van der Waals surface area contributed by atoms with Crippen LogP contribution in [0.5, 0.6) is 0 Å². The number of likely N-dealkylation sites (N-methyl/N-ethyl adjacent to an activating group) is 1. The van der Waals surface area contributed by atoms with Gasteiger partial charge in [-0.1, -0.05) is 20.3 Å². The van der Waals surface area contributed by atoms with Crippen molar-refractivity contribution in [2.24, 2.45) is 11.7 Å². The maximum absolute atomic E-state index is 5.78. The Morgan fingerprint density at radius 2 is 2.11 bits per heavy atom. The van der Waals surface area contributed by atoms with Crippen LogP contribution in [0.4, 0.5) is 0 Å². The summed E-state index contributed by atoms with van der Waals surface area (Å²) < 4.78 is 0. The van der Waals surface area contributed by atoms with Crippen molar-refractivity contribution >= 4 is 0 Å². The average Bonchev–Trinajstić information content (AvgIpc) is 1.87. The summed E-state index contributed by atoms with van der Waals surface area (Å²) in [5.74, 6) is 0.637. The van der Waals surface area contributed by atoms with E-state index in [1.807, 2.05) is 7.05 Å². The van der Waals surface area contributed by atoms with Crippen LogP contribution in [0.3, 0.4) is 0 Å². The average molecular weight is 130 g/mol. The van der Waals surface area contributed by atoms with Crippen LogP contribution in [0.2, 0.25) is 0 Å². The fourth-order valence-corrected chi connectivity index (χ4v) is 0.740. The lowest BCUT2D eigenvalue weighted by Crippen LogP contribution is -2.37. The summed E-state index contributed by atoms with van der Waals surface area (Å²) in [6.45, 7) is 5.28. The topological polar surface area (TPSA) is 38.0 Å². The number of rotatable bonds is 4. The Balaban J connectivity index is 3.32. The predicted octanol–water partition coefficient (Wildman–Crippen LogP) is 0.579. The van der Waals surface area contributed by atoms with Gasteiger partial charge in [-0.15, -0.1) is 0 Å². The van der Waals surface area contributed by atoms with Gasteiger partial charge in [0.25, 0.3) is 0 Å². The Labute approximate surface area is 57.8 Å². The van der Waals surface area contributed by atoms with E-state index in [9.17, 15) is 0 Å². The van der Waals surface area contributed by atoms with Gasteiger partial charge in [0.2, 0.25) is 0 Å². The van der Waals surface area contributed by atoms with Crippen LogP contribution in [0, 0.1) is 5.92 Å². The summed E-state index contributed by atoms with van der Waals surface area (Å²) in [6.07, 6.45) is 1.17. The van der Waals surface area contributed by atoms with Gasteiger partial charge in [0.05, 0.1) is 0 Å². The molecule has 3 N–H and O–H groups in total. The SMILES string of the molecule is CCC(C)C(N)CNC. The first-order valence-electron chi connectivity index (χ1n) is 3.62. The Kier molecular flexibility index (Phi) is 4.72. The van der Waals surface area contributed by atoms with Gasteiger partial charge in [0, 0.05) is 12.6 Å². The molecule has 0 aromatic heterocycles. The van der Waals surface area contributed by atoms with E-state index in [0.717, 1.165) is 6.54 Å². The molecule has 0 radical (unpaired) electrons. The maximum Gasteiger partial charge on any atom is 0.0191 e. The molecule has 0 saturated heterocycles. The summed E-state index contributed by atoms with van der Waals surface area (Å²) in [5.41, 5.74) is 5.78. The van der Waals surface area contributed by atoms with Crippen LogP contribution in [-0.2, 0) is 0 Å². The van der Waals surface area contributed by atoms with Crippen LogP contribution in [0.25, 0.3) is 0 Å². The smallest absolute Gasteiger partial charge is 0.0191 e. The van der Waals surface area contributed by atoms with E-state index in [-0.39, 0.29) is 0 Å². The molecule has 0 fully saturated rings. The summed E-state index contributed by atoms with van der Waals surface area (Å²) in [6, 6.07) is 0.319. The van der Waals surface area contributed by atoms with Gasteiger partial charge in [0.15, 0.2) is 0 Å². The molecule has 0 spiro atoms. The zero-order valence-corrected chi connectivity index (χ0v) is 6.65. The molecule has 0 aliphatic carbocycles. The minimum absolute atomic E-state index is 0.319. The molecule has 0 saturated carbocycles. The minimum atomic E-state index is 0.319. The summed E-state index contributed by atoms with van der Waals surface area (Å²) in [5, 5.41) is 3.06. The van der Waals surface area contributed by atoms with Crippen molar-refractivity contribution < 1.29 is 0 Å². The second kappa shape index (κ2) is 4.77. The molecule has 9 heavy (non-hydrogen) atoms. The van der Waals surface area contributed by atoms with Gasteiger partial charge in [-0.3, -0.25) is 0 Å². The van der Waals surface area contributed by atoms with Crippen molar-refractivity contribution in [2.75, 3.05) is 13.6 Å². The lowest BCUT2D eigenvalue weighted by molar-refractivity contribution is 0.430. The number of hydrogen-bond donors (Lipinski definition) is 2. The Bertz CT molecular complexity index is 63.9. The number of hydrogen-bond acceptors (Lipinski definition) is 2. The highest BCUT2D eigenvalue weighted by Crippen LogP contribution is 2.03. The zero-order chi connectivity index (χ0) is 7.28. The molecule has 0 aliphatic rings. The molecule has 0 aromatic carbocycles. The van der Waals surface area contributed by atoms with Crippen LogP contribution in [0.1, 0.15) is 20.3 Å². The van der Waals surface area contributed by atoms with Gasteiger partial charge in [0.1, 0.15) is 0 Å². The van der Waals surface area contributed by atoms with Crippen molar-refractivity contribution in [3.05, 3.63) is 0 Å². The van der Waals surface area contributed by atoms with E-state index in [4.69, 9.17) is 5.73 Å². The third-order valence-electron chi connectivity index (χ3n) is 1.81. The zero-order valence-electron chi connectivity index (χ0n) is 6.65. The highest BCUT2D eigenvalue weighted by molar-refractivity contribution is 4.68. The van der Waals surface area contributed by atoms with Crippen molar-refractivity contribution in [1.29, 1.82) is 0 Å². The standard InChI is InChI=1S/C7H18N2/c1-4-6(2)7(8)5-9-3/h6-7,9H,4-5,8H2,1-3H3. The molecule has 2 atom stereocenters. The van der Waals surface area contributed by atoms with E-state index in [1.165, 1.54) is 6.42 Å². The Hall–Kier alpha value is -0.0800. The van der Waals surface area contributed by atoms with Gasteiger partial charge < -0.3 is 11.1 Å². The summed E-state index contributed by atoms with van der Waals surface area (Å²) in [7, 11) is 1.93. The molecule has 56 valence electrons. The minimum Gasteiger partial charge on any atom is -0.326 e. The molecule has 2 heteroatoms. The molecule has 0 aromatic rings. The molecule has 0 amide bonds. The molecule has 0 rings (SSSR count). The largest absolute Gasteiger partial charge is 0.326 e. The quantitative estimate of drug-likeness (QED) is 0.584. The predicted molar refractivity (Wildman–Crippen MR) is 41.4 cm³/mol. The van der Waals surface area contributed by atoms with Crippen LogP contribution in [0.15, 0.2) is 0 Å². The third kappa shape index (κ3) is 3.49. The van der Waals surface area contributed by atoms with Crippen LogP contribution >= 0.6 is 0 Å². The first-order chi connectivity index (χ1) is 4.22. The lowest BCUT2D eigenvalue weighted by Gasteiger charge is -2.16. The fraction of sp³-hybridized carbons (Fsp3) is 1.00. The Morgan fingerprint density at radius 1 is 1.56 bits per heavy atom. The Morgan fingerprint density at radius 3 is 2.44 bits per heavy atom. The van der Waals surface area contributed by atoms with Gasteiger partial charge >= 0.3 is 0 Å². The van der Waals surface area contributed by atoms with Crippen molar-refractivity contribution in [1.82, 2.24) is 5.32 Å². The van der Waals surface area contributed by atoms with Crippen molar-refractivity contribution in [3.63, 3.8) is 0 Å². The van der Waals surface area contributed by atoms with Gasteiger partial charge in [-0.2, -0.15) is 0 Å². The highest BCUT2D eigenvalue weighted by Gasteiger charge is 2.07. The van der Waals surface area contributed by atoms with Crippen LogP contribution in [-0.4, -0.2) is 19.6 Å². The number of nitrogens with two attached hydrogens (primary N) is 1. The second-order valence-corrected chi connectivity index (χ2v) is 2.61. The number of nitrogens with one attached hydrogen (secondary N) is 1. The lowest BCUT2D eigenvalue weighted by atomic mass is 10.0. The fourth-order valence-electron chi connectivity index (χ4n) is 0.740. The van der Waals surface area contributed by atoms with E-state index >= 15 is 0 Å². The third-order valence-corrected chi connectivity index (χ3v) is 1.81. The highest BCUT2D eigenvalue weighted by atomic mass is 14.9. The van der Waals surface area contributed by atoms with Gasteiger partial charge in [-0.05, 0) is 13.0 Å². The van der Waals surface area contributed by atoms with E-state index in [2.05, 4.69) is 19.2 Å².